The number of carbonyl (C=O) groups excluding carboxylic acids is 1. The molecule has 1 amide bonds. The van der Waals surface area contributed by atoms with Gasteiger partial charge in [-0.1, -0.05) is 6.07 Å². The lowest BCUT2D eigenvalue weighted by Gasteiger charge is -2.20. The topological polar surface area (TPSA) is 58.1 Å². The first kappa shape index (κ1) is 17.7. The highest BCUT2D eigenvalue weighted by Crippen LogP contribution is 2.30. The molecule has 4 heterocycles. The molecule has 1 fully saturated rings. The number of hydrogen-bond donors (Lipinski definition) is 1. The summed E-state index contributed by atoms with van der Waals surface area (Å²) in [6, 6.07) is 14.0. The van der Waals surface area contributed by atoms with Crippen molar-refractivity contribution in [3.8, 4) is 10.6 Å². The van der Waals surface area contributed by atoms with Crippen molar-refractivity contribution in [3.63, 3.8) is 0 Å². The van der Waals surface area contributed by atoms with Gasteiger partial charge in [0.1, 0.15) is 11.6 Å². The average molecular weight is 379 g/mol. The molecule has 4 rings (SSSR count). The van der Waals surface area contributed by atoms with E-state index in [4.69, 9.17) is 0 Å². The Morgan fingerprint density at radius 2 is 2.11 bits per heavy atom. The Morgan fingerprint density at radius 3 is 2.89 bits per heavy atom. The molecule has 1 unspecified atom stereocenters. The van der Waals surface area contributed by atoms with Crippen molar-refractivity contribution in [2.75, 3.05) is 11.9 Å². The van der Waals surface area contributed by atoms with E-state index in [0.29, 0.717) is 6.04 Å². The molecule has 3 aromatic rings. The number of rotatable bonds is 4. The van der Waals surface area contributed by atoms with E-state index in [0.717, 1.165) is 52.0 Å². The standard InChI is InChI=1S/C21H22N4OS/c1-14-10-11-22-20(13-14)24-19-7-3-6-16(23-19)17-8-9-18(27-17)21(26)25-12-4-5-15(25)2/h3,6-11,13,15H,4-5,12H2,1-2H3,(H,22,23,24). The summed E-state index contributed by atoms with van der Waals surface area (Å²) in [4.78, 5) is 25.5. The second-order valence-corrected chi connectivity index (χ2v) is 7.99. The Labute approximate surface area is 163 Å². The lowest BCUT2D eigenvalue weighted by atomic mass is 10.2. The maximum Gasteiger partial charge on any atom is 0.264 e. The van der Waals surface area contributed by atoms with Gasteiger partial charge in [0, 0.05) is 18.8 Å². The zero-order valence-corrected chi connectivity index (χ0v) is 16.3. The number of nitrogens with zero attached hydrogens (tertiary/aromatic N) is 3. The van der Waals surface area contributed by atoms with Crippen molar-refractivity contribution >= 4 is 28.9 Å². The molecule has 1 saturated heterocycles. The first-order chi connectivity index (χ1) is 13.1. The second-order valence-electron chi connectivity index (χ2n) is 6.91. The Balaban J connectivity index is 1.54. The van der Waals surface area contributed by atoms with E-state index in [1.54, 1.807) is 6.20 Å². The fourth-order valence-corrected chi connectivity index (χ4v) is 4.28. The molecule has 1 aliphatic rings. The summed E-state index contributed by atoms with van der Waals surface area (Å²) in [5.74, 6) is 1.64. The monoisotopic (exact) mass is 378 g/mol. The Morgan fingerprint density at radius 1 is 1.22 bits per heavy atom. The quantitative estimate of drug-likeness (QED) is 0.703. The van der Waals surface area contributed by atoms with Crippen LogP contribution in [0.3, 0.4) is 0 Å². The molecule has 1 N–H and O–H groups in total. The van der Waals surface area contributed by atoms with Crippen LogP contribution in [0.5, 0.6) is 0 Å². The van der Waals surface area contributed by atoms with Gasteiger partial charge < -0.3 is 10.2 Å². The van der Waals surface area contributed by atoms with Gasteiger partial charge in [0.15, 0.2) is 0 Å². The minimum absolute atomic E-state index is 0.134. The zero-order chi connectivity index (χ0) is 18.8. The molecule has 6 heteroatoms. The lowest BCUT2D eigenvalue weighted by molar-refractivity contribution is 0.0752. The van der Waals surface area contributed by atoms with E-state index >= 15 is 0 Å². The SMILES string of the molecule is Cc1ccnc(Nc2cccc(-c3ccc(C(=O)N4CCCC4C)s3)n2)c1. The van der Waals surface area contributed by atoms with Crippen molar-refractivity contribution < 1.29 is 4.79 Å². The van der Waals surface area contributed by atoms with Gasteiger partial charge in [-0.05, 0) is 68.7 Å². The van der Waals surface area contributed by atoms with Gasteiger partial charge in [-0.25, -0.2) is 9.97 Å². The third-order valence-corrected chi connectivity index (χ3v) is 5.90. The van der Waals surface area contributed by atoms with Crippen molar-refractivity contribution in [1.29, 1.82) is 0 Å². The fourth-order valence-electron chi connectivity index (χ4n) is 3.34. The third kappa shape index (κ3) is 3.85. The second kappa shape index (κ2) is 7.48. The molecule has 0 bridgehead atoms. The van der Waals surface area contributed by atoms with Crippen LogP contribution in [-0.2, 0) is 0 Å². The van der Waals surface area contributed by atoms with Gasteiger partial charge in [0.05, 0.1) is 15.4 Å². The molecule has 1 atom stereocenters. The molecule has 0 saturated carbocycles. The van der Waals surface area contributed by atoms with Crippen molar-refractivity contribution in [3.05, 3.63) is 59.1 Å². The van der Waals surface area contributed by atoms with Crippen LogP contribution < -0.4 is 5.32 Å². The van der Waals surface area contributed by atoms with Crippen LogP contribution in [0.4, 0.5) is 11.6 Å². The molecule has 3 aromatic heterocycles. The van der Waals surface area contributed by atoms with Crippen LogP contribution in [0, 0.1) is 6.92 Å². The van der Waals surface area contributed by atoms with Crippen molar-refractivity contribution in [2.24, 2.45) is 0 Å². The molecule has 138 valence electrons. The maximum absolute atomic E-state index is 12.7. The smallest absolute Gasteiger partial charge is 0.264 e. The maximum atomic E-state index is 12.7. The minimum atomic E-state index is 0.134. The van der Waals surface area contributed by atoms with Gasteiger partial charge in [-0.3, -0.25) is 4.79 Å². The van der Waals surface area contributed by atoms with E-state index < -0.39 is 0 Å². The number of nitrogens with one attached hydrogen (secondary N) is 1. The summed E-state index contributed by atoms with van der Waals surface area (Å²) in [5.41, 5.74) is 1.99. The molecule has 5 nitrogen and oxygen atoms in total. The van der Waals surface area contributed by atoms with Crippen LogP contribution in [0.2, 0.25) is 0 Å². The predicted octanol–water partition coefficient (Wildman–Crippen LogP) is 4.88. The lowest BCUT2D eigenvalue weighted by Crippen LogP contribution is -2.32. The van der Waals surface area contributed by atoms with Crippen LogP contribution in [0.15, 0.2) is 48.7 Å². The normalized spacial score (nSPS) is 16.5. The van der Waals surface area contributed by atoms with E-state index in [-0.39, 0.29) is 5.91 Å². The number of amides is 1. The first-order valence-electron chi connectivity index (χ1n) is 9.18. The summed E-state index contributed by atoms with van der Waals surface area (Å²) in [6.07, 6.45) is 3.96. The Bertz CT molecular complexity index is 968. The van der Waals surface area contributed by atoms with E-state index in [1.165, 1.54) is 11.3 Å². The number of carbonyl (C=O) groups is 1. The number of pyridine rings is 2. The number of thiophene rings is 1. The molecular weight excluding hydrogens is 356 g/mol. The summed E-state index contributed by atoms with van der Waals surface area (Å²) < 4.78 is 0. The molecule has 0 radical (unpaired) electrons. The fraction of sp³-hybridized carbons (Fsp3) is 0.286. The largest absolute Gasteiger partial charge is 0.335 e. The van der Waals surface area contributed by atoms with Crippen LogP contribution >= 0.6 is 11.3 Å². The first-order valence-corrected chi connectivity index (χ1v) is 10.00. The van der Waals surface area contributed by atoms with Gasteiger partial charge in [0.2, 0.25) is 0 Å². The number of aryl methyl sites for hydroxylation is 1. The molecule has 0 aliphatic carbocycles. The van der Waals surface area contributed by atoms with Crippen molar-refractivity contribution in [2.45, 2.75) is 32.7 Å². The average Bonchev–Trinajstić information content (AvgIpc) is 3.31. The van der Waals surface area contributed by atoms with Gasteiger partial charge in [0.25, 0.3) is 5.91 Å². The highest BCUT2D eigenvalue weighted by molar-refractivity contribution is 7.17. The van der Waals surface area contributed by atoms with Crippen LogP contribution in [0.1, 0.15) is 35.0 Å². The van der Waals surface area contributed by atoms with Gasteiger partial charge in [-0.2, -0.15) is 0 Å². The molecule has 0 aromatic carbocycles. The minimum Gasteiger partial charge on any atom is -0.335 e. The number of likely N-dealkylation sites (tertiary alicyclic amines) is 1. The highest BCUT2D eigenvalue weighted by Gasteiger charge is 2.27. The van der Waals surface area contributed by atoms with Crippen molar-refractivity contribution in [1.82, 2.24) is 14.9 Å². The molecule has 27 heavy (non-hydrogen) atoms. The number of aromatic nitrogens is 2. The summed E-state index contributed by atoms with van der Waals surface area (Å²) in [7, 11) is 0. The predicted molar refractivity (Wildman–Crippen MR) is 110 cm³/mol. The highest BCUT2D eigenvalue weighted by atomic mass is 32.1. The Kier molecular flexibility index (Phi) is 4.90. The molecule has 0 spiro atoms. The van der Waals surface area contributed by atoms with E-state index in [9.17, 15) is 4.79 Å². The number of hydrogen-bond acceptors (Lipinski definition) is 5. The van der Waals surface area contributed by atoms with Crippen LogP contribution in [0.25, 0.3) is 10.6 Å². The van der Waals surface area contributed by atoms with E-state index in [2.05, 4.69) is 22.2 Å². The molecule has 1 aliphatic heterocycles. The van der Waals surface area contributed by atoms with E-state index in [1.807, 2.05) is 54.3 Å². The van der Waals surface area contributed by atoms with Crippen LogP contribution in [-0.4, -0.2) is 33.4 Å². The Hall–Kier alpha value is -2.73. The zero-order valence-electron chi connectivity index (χ0n) is 15.5. The molecular formula is C21H22N4OS. The third-order valence-electron chi connectivity index (χ3n) is 4.80. The summed E-state index contributed by atoms with van der Waals surface area (Å²) in [5, 5.41) is 3.24. The summed E-state index contributed by atoms with van der Waals surface area (Å²) >= 11 is 1.50. The number of anilines is 2. The summed E-state index contributed by atoms with van der Waals surface area (Å²) in [6.45, 7) is 5.01. The van der Waals surface area contributed by atoms with Gasteiger partial charge >= 0.3 is 0 Å². The van der Waals surface area contributed by atoms with Gasteiger partial charge in [-0.15, -0.1) is 11.3 Å².